The molecule has 0 atom stereocenters. The van der Waals surface area contributed by atoms with Crippen molar-refractivity contribution in [2.45, 2.75) is 6.42 Å². The summed E-state index contributed by atoms with van der Waals surface area (Å²) in [6, 6.07) is 16.3. The summed E-state index contributed by atoms with van der Waals surface area (Å²) in [5.41, 5.74) is 4.30. The number of fused-ring (bicyclic) bond motifs is 2. The zero-order valence-corrected chi connectivity index (χ0v) is 10.3. The average molecular weight is 248 g/mol. The molecule has 92 valence electrons. The van der Waals surface area contributed by atoms with Crippen LogP contribution in [0.1, 0.15) is 11.4 Å². The van der Waals surface area contributed by atoms with E-state index in [2.05, 4.69) is 34.5 Å². The summed E-state index contributed by atoms with van der Waals surface area (Å²) in [4.78, 5) is 0. The Morgan fingerprint density at radius 2 is 1.26 bits per heavy atom. The molecule has 0 amide bonds. The van der Waals surface area contributed by atoms with Crippen molar-refractivity contribution in [3.05, 3.63) is 72.3 Å². The summed E-state index contributed by atoms with van der Waals surface area (Å²) in [6.07, 6.45) is 4.67. The first-order chi connectivity index (χ1) is 9.38. The lowest BCUT2D eigenvalue weighted by atomic mass is 10.2. The van der Waals surface area contributed by atoms with Crippen LogP contribution in [0.15, 0.2) is 60.9 Å². The van der Waals surface area contributed by atoms with Crippen LogP contribution >= 0.6 is 0 Å². The summed E-state index contributed by atoms with van der Waals surface area (Å²) in [5, 5.41) is 9.09. The molecule has 19 heavy (non-hydrogen) atoms. The Morgan fingerprint density at radius 1 is 0.737 bits per heavy atom. The van der Waals surface area contributed by atoms with E-state index in [1.165, 1.54) is 0 Å². The number of rotatable bonds is 2. The molecule has 0 aliphatic carbocycles. The van der Waals surface area contributed by atoms with Gasteiger partial charge in [-0.3, -0.25) is 0 Å². The van der Waals surface area contributed by atoms with Gasteiger partial charge in [0.05, 0.1) is 22.4 Å². The number of hydrogen-bond acceptors (Lipinski definition) is 2. The minimum atomic E-state index is 0.753. The van der Waals surface area contributed by atoms with Gasteiger partial charge in [-0.15, -0.1) is 0 Å². The van der Waals surface area contributed by atoms with E-state index >= 15 is 0 Å². The van der Waals surface area contributed by atoms with Crippen molar-refractivity contribution in [1.82, 2.24) is 19.2 Å². The highest BCUT2D eigenvalue weighted by Gasteiger charge is 2.06. The van der Waals surface area contributed by atoms with Crippen LogP contribution in [0.25, 0.3) is 11.0 Å². The molecule has 4 heteroatoms. The molecule has 0 radical (unpaired) electrons. The normalized spacial score (nSPS) is 11.4. The van der Waals surface area contributed by atoms with E-state index < -0.39 is 0 Å². The molecule has 0 aliphatic rings. The maximum atomic E-state index is 4.55. The van der Waals surface area contributed by atoms with E-state index in [4.69, 9.17) is 0 Å². The number of pyridine rings is 2. The second-order valence-corrected chi connectivity index (χ2v) is 4.59. The second-order valence-electron chi connectivity index (χ2n) is 4.59. The monoisotopic (exact) mass is 248 g/mol. The summed E-state index contributed by atoms with van der Waals surface area (Å²) in [7, 11) is 0. The van der Waals surface area contributed by atoms with Crippen molar-refractivity contribution in [1.29, 1.82) is 0 Å². The van der Waals surface area contributed by atoms with Gasteiger partial charge >= 0.3 is 0 Å². The molecule has 4 nitrogen and oxygen atoms in total. The lowest BCUT2D eigenvalue weighted by molar-refractivity contribution is 0.869. The van der Waals surface area contributed by atoms with Crippen LogP contribution in [-0.2, 0) is 6.42 Å². The van der Waals surface area contributed by atoms with Gasteiger partial charge in [0.25, 0.3) is 0 Å². The smallest absolute Gasteiger partial charge is 0.0695 e. The van der Waals surface area contributed by atoms with Crippen LogP contribution in [0.2, 0.25) is 0 Å². The van der Waals surface area contributed by atoms with E-state index in [0.717, 1.165) is 28.8 Å². The SMILES string of the molecule is c1ccn2nc(Cc3cc4ccccn4n3)cc2c1. The molecular formula is C15H12N4. The zero-order chi connectivity index (χ0) is 12.7. The predicted octanol–water partition coefficient (Wildman–Crippen LogP) is 2.57. The molecule has 4 heterocycles. The van der Waals surface area contributed by atoms with Gasteiger partial charge in [0, 0.05) is 18.8 Å². The first kappa shape index (κ1) is 10.3. The highest BCUT2D eigenvalue weighted by Crippen LogP contribution is 2.12. The lowest BCUT2D eigenvalue weighted by Crippen LogP contribution is -1.92. The molecular weight excluding hydrogens is 236 g/mol. The van der Waals surface area contributed by atoms with E-state index in [1.54, 1.807) is 0 Å². The van der Waals surface area contributed by atoms with Crippen LogP contribution in [0, 0.1) is 0 Å². The summed E-state index contributed by atoms with van der Waals surface area (Å²) < 4.78 is 3.79. The van der Waals surface area contributed by atoms with E-state index in [0.29, 0.717) is 0 Å². The average Bonchev–Trinajstić information content (AvgIpc) is 3.00. The number of aromatic nitrogens is 4. The minimum Gasteiger partial charge on any atom is -0.241 e. The number of nitrogens with zero attached hydrogens (tertiary/aromatic N) is 4. The van der Waals surface area contributed by atoms with Gasteiger partial charge in [0.1, 0.15) is 0 Å². The fraction of sp³-hybridized carbons (Fsp3) is 0.0667. The van der Waals surface area contributed by atoms with E-state index in [9.17, 15) is 0 Å². The van der Waals surface area contributed by atoms with Crippen LogP contribution in [0.3, 0.4) is 0 Å². The molecule has 0 aromatic carbocycles. The first-order valence-electron chi connectivity index (χ1n) is 6.25. The van der Waals surface area contributed by atoms with Gasteiger partial charge in [-0.2, -0.15) is 10.2 Å². The van der Waals surface area contributed by atoms with Crippen molar-refractivity contribution in [3.8, 4) is 0 Å². The van der Waals surface area contributed by atoms with Gasteiger partial charge in [-0.25, -0.2) is 9.03 Å². The standard InChI is InChI=1S/C15H12N4/c1-3-7-18-14(5-1)10-12(16-18)9-13-11-15-6-2-4-8-19(15)17-13/h1-8,10-11H,9H2. The predicted molar refractivity (Wildman–Crippen MR) is 73.2 cm³/mol. The lowest BCUT2D eigenvalue weighted by Gasteiger charge is -1.90. The fourth-order valence-electron chi connectivity index (χ4n) is 2.34. The Hall–Kier alpha value is -2.62. The molecule has 4 rings (SSSR count). The second kappa shape index (κ2) is 3.95. The molecule has 4 aromatic heterocycles. The third kappa shape index (κ3) is 1.78. The molecule has 0 aliphatic heterocycles. The van der Waals surface area contributed by atoms with Crippen LogP contribution in [-0.4, -0.2) is 19.2 Å². The first-order valence-corrected chi connectivity index (χ1v) is 6.25. The topological polar surface area (TPSA) is 34.6 Å². The molecule has 4 aromatic rings. The molecule has 0 N–H and O–H groups in total. The Labute approximate surface area is 109 Å². The van der Waals surface area contributed by atoms with Crippen molar-refractivity contribution in [2.75, 3.05) is 0 Å². The van der Waals surface area contributed by atoms with Gasteiger partial charge in [-0.1, -0.05) is 12.1 Å². The summed E-state index contributed by atoms with van der Waals surface area (Å²) in [6.45, 7) is 0. The van der Waals surface area contributed by atoms with Gasteiger partial charge in [0.2, 0.25) is 0 Å². The van der Waals surface area contributed by atoms with Gasteiger partial charge in [-0.05, 0) is 36.4 Å². The van der Waals surface area contributed by atoms with Crippen molar-refractivity contribution >= 4 is 11.0 Å². The van der Waals surface area contributed by atoms with Crippen molar-refractivity contribution in [3.63, 3.8) is 0 Å². The minimum absolute atomic E-state index is 0.753. The summed E-state index contributed by atoms with van der Waals surface area (Å²) in [5.74, 6) is 0. The third-order valence-corrected chi connectivity index (χ3v) is 3.20. The Bertz CT molecular complexity index is 718. The molecule has 0 saturated carbocycles. The fourth-order valence-corrected chi connectivity index (χ4v) is 2.34. The van der Waals surface area contributed by atoms with Crippen LogP contribution in [0.4, 0.5) is 0 Å². The largest absolute Gasteiger partial charge is 0.241 e. The van der Waals surface area contributed by atoms with Gasteiger partial charge < -0.3 is 0 Å². The Balaban J connectivity index is 1.73. The van der Waals surface area contributed by atoms with E-state index in [1.807, 2.05) is 45.7 Å². The molecule has 0 fully saturated rings. The maximum absolute atomic E-state index is 4.55. The van der Waals surface area contributed by atoms with E-state index in [-0.39, 0.29) is 0 Å². The van der Waals surface area contributed by atoms with Gasteiger partial charge in [0.15, 0.2) is 0 Å². The summed E-state index contributed by atoms with van der Waals surface area (Å²) >= 11 is 0. The van der Waals surface area contributed by atoms with Crippen molar-refractivity contribution in [2.24, 2.45) is 0 Å². The van der Waals surface area contributed by atoms with Crippen molar-refractivity contribution < 1.29 is 0 Å². The number of hydrogen-bond donors (Lipinski definition) is 0. The van der Waals surface area contributed by atoms with Crippen LogP contribution in [0.5, 0.6) is 0 Å². The third-order valence-electron chi connectivity index (χ3n) is 3.20. The zero-order valence-electron chi connectivity index (χ0n) is 10.3. The quantitative estimate of drug-likeness (QED) is 0.546. The Morgan fingerprint density at radius 3 is 1.74 bits per heavy atom. The highest BCUT2D eigenvalue weighted by molar-refractivity contribution is 5.50. The molecule has 0 spiro atoms. The molecule has 0 saturated heterocycles. The molecule has 0 bridgehead atoms. The Kier molecular flexibility index (Phi) is 2.14. The molecule has 0 unspecified atom stereocenters. The highest BCUT2D eigenvalue weighted by atomic mass is 15.2. The maximum Gasteiger partial charge on any atom is 0.0695 e. The van der Waals surface area contributed by atoms with Crippen LogP contribution < -0.4 is 0 Å².